The molecule has 0 aliphatic carbocycles. The van der Waals surface area contributed by atoms with Crippen LogP contribution in [-0.2, 0) is 0 Å². The average molecular weight is 186 g/mol. The molecule has 0 aromatic rings. The van der Waals surface area contributed by atoms with Gasteiger partial charge in [-0.2, -0.15) is 0 Å². The second-order valence-electron chi connectivity index (χ2n) is 3.46. The van der Waals surface area contributed by atoms with Gasteiger partial charge in [0, 0.05) is 19.4 Å². The Bertz CT molecular complexity index is 156. The van der Waals surface area contributed by atoms with Gasteiger partial charge in [-0.3, -0.25) is 0 Å². The molecule has 0 amide bonds. The van der Waals surface area contributed by atoms with Crippen LogP contribution in [0.5, 0.6) is 0 Å². The summed E-state index contributed by atoms with van der Waals surface area (Å²) in [7, 11) is 1.84. The fraction of sp³-hybridized carbons (Fsp3) is 0.778. The highest BCUT2D eigenvalue weighted by atomic mass is 15.1. The topological polar surface area (TPSA) is 76.1 Å². The SMILES string of the molecule is CCC[C@@](C)(N/C=C\NC)C(N)N. The van der Waals surface area contributed by atoms with Crippen LogP contribution in [0.1, 0.15) is 26.7 Å². The summed E-state index contributed by atoms with van der Waals surface area (Å²) < 4.78 is 0. The van der Waals surface area contributed by atoms with Crippen LogP contribution in [-0.4, -0.2) is 18.8 Å². The van der Waals surface area contributed by atoms with Crippen molar-refractivity contribution in [2.75, 3.05) is 7.05 Å². The van der Waals surface area contributed by atoms with Gasteiger partial charge in [-0.15, -0.1) is 0 Å². The fourth-order valence-electron chi connectivity index (χ4n) is 1.17. The van der Waals surface area contributed by atoms with Crippen LogP contribution in [0, 0.1) is 0 Å². The number of nitrogens with one attached hydrogen (secondary N) is 2. The zero-order valence-corrected chi connectivity index (χ0v) is 8.80. The normalized spacial score (nSPS) is 16.2. The van der Waals surface area contributed by atoms with Gasteiger partial charge >= 0.3 is 0 Å². The molecular formula is C9H22N4. The number of hydrogen-bond donors (Lipinski definition) is 4. The molecule has 0 saturated heterocycles. The molecule has 4 heteroatoms. The summed E-state index contributed by atoms with van der Waals surface area (Å²) in [5, 5.41) is 6.10. The summed E-state index contributed by atoms with van der Waals surface area (Å²) >= 11 is 0. The molecule has 0 spiro atoms. The Morgan fingerprint density at radius 1 is 1.38 bits per heavy atom. The zero-order chi connectivity index (χ0) is 10.3. The second-order valence-corrected chi connectivity index (χ2v) is 3.46. The van der Waals surface area contributed by atoms with E-state index in [1.54, 1.807) is 0 Å². The lowest BCUT2D eigenvalue weighted by molar-refractivity contribution is 0.304. The molecular weight excluding hydrogens is 164 g/mol. The Labute approximate surface area is 80.7 Å². The summed E-state index contributed by atoms with van der Waals surface area (Å²) in [6.07, 6.45) is 5.31. The van der Waals surface area contributed by atoms with E-state index in [1.165, 1.54) is 0 Å². The minimum atomic E-state index is -0.353. The summed E-state index contributed by atoms with van der Waals surface area (Å²) in [6.45, 7) is 4.14. The van der Waals surface area contributed by atoms with Crippen LogP contribution < -0.4 is 22.1 Å². The van der Waals surface area contributed by atoms with Crippen molar-refractivity contribution in [2.24, 2.45) is 11.5 Å². The molecule has 0 aliphatic rings. The van der Waals surface area contributed by atoms with E-state index in [2.05, 4.69) is 17.6 Å². The Morgan fingerprint density at radius 3 is 2.38 bits per heavy atom. The van der Waals surface area contributed by atoms with Crippen molar-refractivity contribution < 1.29 is 0 Å². The van der Waals surface area contributed by atoms with E-state index in [-0.39, 0.29) is 11.7 Å². The highest BCUT2D eigenvalue weighted by Crippen LogP contribution is 2.12. The molecule has 0 bridgehead atoms. The van der Waals surface area contributed by atoms with Crippen molar-refractivity contribution in [1.82, 2.24) is 10.6 Å². The molecule has 1 atom stereocenters. The molecule has 0 unspecified atom stereocenters. The molecule has 0 aromatic heterocycles. The van der Waals surface area contributed by atoms with E-state index in [4.69, 9.17) is 11.5 Å². The van der Waals surface area contributed by atoms with Gasteiger partial charge < -0.3 is 22.1 Å². The third-order valence-electron chi connectivity index (χ3n) is 2.17. The third-order valence-corrected chi connectivity index (χ3v) is 2.17. The molecule has 0 aliphatic heterocycles. The van der Waals surface area contributed by atoms with Crippen molar-refractivity contribution in [1.29, 1.82) is 0 Å². The summed E-state index contributed by atoms with van der Waals surface area (Å²) in [6, 6.07) is 0. The fourth-order valence-corrected chi connectivity index (χ4v) is 1.17. The van der Waals surface area contributed by atoms with Crippen LogP contribution in [0.15, 0.2) is 12.4 Å². The molecule has 6 N–H and O–H groups in total. The number of rotatable bonds is 6. The van der Waals surface area contributed by atoms with Gasteiger partial charge in [0.2, 0.25) is 0 Å². The monoisotopic (exact) mass is 186 g/mol. The van der Waals surface area contributed by atoms with Crippen LogP contribution in [0.3, 0.4) is 0 Å². The Hall–Kier alpha value is -0.740. The Morgan fingerprint density at radius 2 is 2.00 bits per heavy atom. The van der Waals surface area contributed by atoms with Gasteiger partial charge in [-0.05, 0) is 13.3 Å². The minimum absolute atomic E-state index is 0.220. The number of hydrogen-bond acceptors (Lipinski definition) is 4. The first-order valence-electron chi connectivity index (χ1n) is 4.68. The smallest absolute Gasteiger partial charge is 0.0755 e. The van der Waals surface area contributed by atoms with Gasteiger partial charge in [-0.25, -0.2) is 0 Å². The standard InChI is InChI=1S/C9H22N4/c1-4-5-9(2,8(10)11)13-7-6-12-3/h6-8,12-13H,4-5,10-11H2,1-3H3/b7-6-/t9-/m1/s1. The molecule has 0 rings (SSSR count). The maximum atomic E-state index is 5.70. The highest BCUT2D eigenvalue weighted by Gasteiger charge is 2.26. The molecule has 0 radical (unpaired) electrons. The first kappa shape index (κ1) is 12.3. The summed E-state index contributed by atoms with van der Waals surface area (Å²) in [5.41, 5.74) is 11.2. The quantitative estimate of drug-likeness (QED) is 0.443. The van der Waals surface area contributed by atoms with Crippen molar-refractivity contribution in [3.8, 4) is 0 Å². The van der Waals surface area contributed by atoms with Crippen LogP contribution in [0.25, 0.3) is 0 Å². The molecule has 0 fully saturated rings. The molecule has 0 aromatic carbocycles. The van der Waals surface area contributed by atoms with E-state index < -0.39 is 0 Å². The first-order chi connectivity index (χ1) is 6.06. The third kappa shape index (κ3) is 4.15. The Balaban J connectivity index is 4.15. The first-order valence-corrected chi connectivity index (χ1v) is 4.68. The van der Waals surface area contributed by atoms with Gasteiger partial charge in [0.15, 0.2) is 0 Å². The van der Waals surface area contributed by atoms with Crippen molar-refractivity contribution in [3.63, 3.8) is 0 Å². The zero-order valence-electron chi connectivity index (χ0n) is 8.80. The lowest BCUT2D eigenvalue weighted by Crippen LogP contribution is -2.59. The largest absolute Gasteiger partial charge is 0.393 e. The molecule has 0 saturated carbocycles. The molecule has 13 heavy (non-hydrogen) atoms. The van der Waals surface area contributed by atoms with E-state index in [0.29, 0.717) is 0 Å². The maximum Gasteiger partial charge on any atom is 0.0755 e. The van der Waals surface area contributed by atoms with Gasteiger partial charge in [0.05, 0.1) is 11.7 Å². The van der Waals surface area contributed by atoms with Crippen molar-refractivity contribution in [2.45, 2.75) is 38.4 Å². The molecule has 78 valence electrons. The van der Waals surface area contributed by atoms with Gasteiger partial charge in [-0.1, -0.05) is 13.3 Å². The van der Waals surface area contributed by atoms with Gasteiger partial charge in [0.1, 0.15) is 0 Å². The lowest BCUT2D eigenvalue weighted by Gasteiger charge is -2.33. The predicted octanol–water partition coefficient (Wildman–Crippen LogP) is 0.0689. The van der Waals surface area contributed by atoms with Crippen LogP contribution in [0.2, 0.25) is 0 Å². The molecule has 0 heterocycles. The van der Waals surface area contributed by atoms with E-state index >= 15 is 0 Å². The highest BCUT2D eigenvalue weighted by molar-refractivity contribution is 4.94. The van der Waals surface area contributed by atoms with Crippen molar-refractivity contribution in [3.05, 3.63) is 12.4 Å². The summed E-state index contributed by atoms with van der Waals surface area (Å²) in [4.78, 5) is 0. The minimum Gasteiger partial charge on any atom is -0.393 e. The van der Waals surface area contributed by atoms with Crippen molar-refractivity contribution >= 4 is 0 Å². The second kappa shape index (κ2) is 5.83. The Kier molecular flexibility index (Phi) is 5.50. The van der Waals surface area contributed by atoms with Crippen LogP contribution >= 0.6 is 0 Å². The van der Waals surface area contributed by atoms with E-state index in [1.807, 2.05) is 26.4 Å². The van der Waals surface area contributed by atoms with Gasteiger partial charge in [0.25, 0.3) is 0 Å². The maximum absolute atomic E-state index is 5.70. The number of nitrogens with two attached hydrogens (primary N) is 2. The van der Waals surface area contributed by atoms with E-state index in [0.717, 1.165) is 12.8 Å². The predicted molar refractivity (Wildman–Crippen MR) is 56.8 cm³/mol. The molecule has 4 nitrogen and oxygen atoms in total. The lowest BCUT2D eigenvalue weighted by atomic mass is 9.93. The van der Waals surface area contributed by atoms with Crippen LogP contribution in [0.4, 0.5) is 0 Å². The average Bonchev–Trinajstić information content (AvgIpc) is 2.05. The summed E-state index contributed by atoms with van der Waals surface area (Å²) in [5.74, 6) is 0. The van der Waals surface area contributed by atoms with E-state index in [9.17, 15) is 0 Å².